The average Bonchev–Trinajstić information content (AvgIpc) is 3.35. The van der Waals surface area contributed by atoms with E-state index in [1.807, 2.05) is 45.0 Å². The Morgan fingerprint density at radius 1 is 1.16 bits per heavy atom. The zero-order valence-corrected chi connectivity index (χ0v) is 18.1. The van der Waals surface area contributed by atoms with Gasteiger partial charge < -0.3 is 19.2 Å². The van der Waals surface area contributed by atoms with Crippen LogP contribution in [-0.2, 0) is 16.2 Å². The molecule has 0 unspecified atom stereocenters. The van der Waals surface area contributed by atoms with Gasteiger partial charge >= 0.3 is 0 Å². The molecule has 2 aromatic rings. The minimum absolute atomic E-state index is 0.0110. The number of benzene rings is 2. The summed E-state index contributed by atoms with van der Waals surface area (Å²) < 4.78 is 24.5. The van der Waals surface area contributed by atoms with Gasteiger partial charge in [0.25, 0.3) is 0 Å². The Bertz CT molecular complexity index is 999. The van der Waals surface area contributed by atoms with Crippen molar-refractivity contribution in [1.82, 2.24) is 4.90 Å². The van der Waals surface area contributed by atoms with Gasteiger partial charge in [0.2, 0.25) is 12.7 Å². The lowest BCUT2D eigenvalue weighted by Crippen LogP contribution is -2.38. The third kappa shape index (κ3) is 5.34. The minimum atomic E-state index is -0.314. The number of fused-ring (bicyclic) bond motifs is 1. The molecule has 0 saturated carbocycles. The lowest BCUT2D eigenvalue weighted by molar-refractivity contribution is -0.135. The smallest absolute Gasteiger partial charge is 0.231 e. The van der Waals surface area contributed by atoms with E-state index in [0.717, 1.165) is 16.8 Å². The summed E-state index contributed by atoms with van der Waals surface area (Å²) >= 11 is 0. The van der Waals surface area contributed by atoms with Crippen molar-refractivity contribution in [2.75, 3.05) is 13.3 Å². The molecule has 2 aliphatic rings. The van der Waals surface area contributed by atoms with Crippen LogP contribution in [0.2, 0.25) is 0 Å². The number of halogens is 1. The lowest BCUT2D eigenvalue weighted by Gasteiger charge is -2.28. The molecule has 0 aliphatic carbocycles. The van der Waals surface area contributed by atoms with Gasteiger partial charge in [0.1, 0.15) is 5.82 Å². The maximum Gasteiger partial charge on any atom is 0.231 e. The van der Waals surface area contributed by atoms with Crippen molar-refractivity contribution in [2.24, 2.45) is 10.6 Å². The summed E-state index contributed by atoms with van der Waals surface area (Å²) in [6.07, 6.45) is 0.699. The van der Waals surface area contributed by atoms with Crippen LogP contribution in [0.1, 0.15) is 44.7 Å². The Hall–Kier alpha value is -3.09. The van der Waals surface area contributed by atoms with Crippen LogP contribution in [0.4, 0.5) is 4.39 Å². The first-order chi connectivity index (χ1) is 14.8. The number of carbonyl (C=O) groups is 1. The van der Waals surface area contributed by atoms with E-state index >= 15 is 0 Å². The van der Waals surface area contributed by atoms with Crippen LogP contribution in [0.25, 0.3) is 0 Å². The van der Waals surface area contributed by atoms with E-state index in [0.29, 0.717) is 37.4 Å². The second-order valence-corrected chi connectivity index (χ2v) is 9.18. The van der Waals surface area contributed by atoms with Gasteiger partial charge in [-0.1, -0.05) is 38.1 Å². The molecule has 2 aromatic carbocycles. The molecule has 0 spiro atoms. The van der Waals surface area contributed by atoms with E-state index < -0.39 is 0 Å². The zero-order chi connectivity index (χ0) is 22.0. The van der Waals surface area contributed by atoms with E-state index in [1.165, 1.54) is 12.1 Å². The molecule has 4 rings (SSSR count). The molecule has 0 radical (unpaired) electrons. The summed E-state index contributed by atoms with van der Waals surface area (Å²) in [7, 11) is 0. The predicted molar refractivity (Wildman–Crippen MR) is 114 cm³/mol. The summed E-state index contributed by atoms with van der Waals surface area (Å²) in [5, 5.41) is 4.24. The first-order valence-corrected chi connectivity index (χ1v) is 10.4. The van der Waals surface area contributed by atoms with Gasteiger partial charge in [0.05, 0.1) is 12.3 Å². The van der Waals surface area contributed by atoms with Gasteiger partial charge in [0, 0.05) is 24.9 Å². The average molecular weight is 426 g/mol. The molecular formula is C24H27FN2O4. The largest absolute Gasteiger partial charge is 0.454 e. The number of rotatable bonds is 6. The zero-order valence-electron chi connectivity index (χ0n) is 18.1. The number of amides is 1. The molecule has 0 bridgehead atoms. The van der Waals surface area contributed by atoms with Crippen molar-refractivity contribution in [2.45, 2.75) is 46.3 Å². The Morgan fingerprint density at radius 2 is 1.97 bits per heavy atom. The van der Waals surface area contributed by atoms with Crippen molar-refractivity contribution < 1.29 is 23.5 Å². The second-order valence-electron chi connectivity index (χ2n) is 9.18. The van der Waals surface area contributed by atoms with Gasteiger partial charge in [-0.15, -0.1) is 0 Å². The number of nitrogens with zero attached hydrogens (tertiary/aromatic N) is 2. The monoisotopic (exact) mass is 426 g/mol. The third-order valence-electron chi connectivity index (χ3n) is 5.16. The van der Waals surface area contributed by atoms with E-state index in [9.17, 15) is 9.18 Å². The van der Waals surface area contributed by atoms with Gasteiger partial charge in [-0.25, -0.2) is 4.39 Å². The van der Waals surface area contributed by atoms with E-state index in [1.54, 1.807) is 11.0 Å². The first-order valence-electron chi connectivity index (χ1n) is 10.4. The van der Waals surface area contributed by atoms with E-state index in [-0.39, 0.29) is 30.0 Å². The molecule has 2 aliphatic heterocycles. The maximum atomic E-state index is 13.7. The molecule has 31 heavy (non-hydrogen) atoms. The third-order valence-corrected chi connectivity index (χ3v) is 5.16. The van der Waals surface area contributed by atoms with E-state index in [4.69, 9.17) is 14.3 Å². The molecular weight excluding hydrogens is 399 g/mol. The summed E-state index contributed by atoms with van der Waals surface area (Å²) in [6, 6.07) is 12.0. The summed E-state index contributed by atoms with van der Waals surface area (Å²) in [4.78, 5) is 20.4. The molecule has 6 nitrogen and oxygen atoms in total. The molecule has 7 heteroatoms. The lowest BCUT2D eigenvalue weighted by atomic mass is 9.91. The quantitative estimate of drug-likeness (QED) is 0.682. The number of carbonyl (C=O) groups excluding carboxylic acids is 1. The van der Waals surface area contributed by atoms with E-state index in [2.05, 4.69) is 5.16 Å². The molecule has 2 heterocycles. The van der Waals surface area contributed by atoms with Crippen molar-refractivity contribution in [1.29, 1.82) is 0 Å². The summed E-state index contributed by atoms with van der Waals surface area (Å²) in [6.45, 7) is 7.00. The van der Waals surface area contributed by atoms with Crippen molar-refractivity contribution in [3.8, 4) is 11.5 Å². The summed E-state index contributed by atoms with van der Waals surface area (Å²) in [5.74, 6) is 1.11. The second kappa shape index (κ2) is 8.57. The van der Waals surface area contributed by atoms with Crippen LogP contribution >= 0.6 is 0 Å². The fraction of sp³-hybridized carbons (Fsp3) is 0.417. The fourth-order valence-electron chi connectivity index (χ4n) is 3.69. The Labute approximate surface area is 181 Å². The van der Waals surface area contributed by atoms with Crippen LogP contribution in [0.3, 0.4) is 0 Å². The Morgan fingerprint density at radius 3 is 2.74 bits per heavy atom. The highest BCUT2D eigenvalue weighted by molar-refractivity contribution is 6.01. The van der Waals surface area contributed by atoms with Crippen LogP contribution in [-0.4, -0.2) is 36.0 Å². The first kappa shape index (κ1) is 21.2. The van der Waals surface area contributed by atoms with Gasteiger partial charge in [-0.05, 0) is 41.3 Å². The topological polar surface area (TPSA) is 60.4 Å². The highest BCUT2D eigenvalue weighted by atomic mass is 19.1. The van der Waals surface area contributed by atoms with Gasteiger partial charge in [0.15, 0.2) is 17.6 Å². The molecule has 0 saturated heterocycles. The van der Waals surface area contributed by atoms with Crippen molar-refractivity contribution in [3.63, 3.8) is 0 Å². The fourth-order valence-corrected chi connectivity index (χ4v) is 3.69. The number of ether oxygens (including phenoxy) is 2. The van der Waals surface area contributed by atoms with Crippen LogP contribution in [0.5, 0.6) is 11.5 Å². The number of hydrogen-bond acceptors (Lipinski definition) is 5. The molecule has 164 valence electrons. The van der Waals surface area contributed by atoms with Gasteiger partial charge in [-0.3, -0.25) is 4.79 Å². The Kier molecular flexibility index (Phi) is 5.85. The highest BCUT2D eigenvalue weighted by Crippen LogP contribution is 2.34. The van der Waals surface area contributed by atoms with Gasteiger partial charge in [-0.2, -0.15) is 0 Å². The van der Waals surface area contributed by atoms with Crippen LogP contribution in [0.15, 0.2) is 47.6 Å². The maximum absolute atomic E-state index is 13.7. The molecule has 0 N–H and O–H groups in total. The number of hydrogen-bond donors (Lipinski definition) is 0. The minimum Gasteiger partial charge on any atom is -0.454 e. The molecule has 0 aromatic heterocycles. The summed E-state index contributed by atoms with van der Waals surface area (Å²) in [5.41, 5.74) is 2.31. The number of oxime groups is 1. The predicted octanol–water partition coefficient (Wildman–Crippen LogP) is 4.51. The van der Waals surface area contributed by atoms with Crippen LogP contribution < -0.4 is 9.47 Å². The van der Waals surface area contributed by atoms with Crippen LogP contribution in [0, 0.1) is 11.2 Å². The molecule has 1 atom stereocenters. The molecule has 0 fully saturated rings. The molecule has 1 amide bonds. The standard InChI is InChI=1S/C24H27FN2O4/c1-24(2,3)12-23(28)27(13-16-5-4-6-18(25)9-16)14-19-11-20(26-31-19)17-7-8-21-22(10-17)30-15-29-21/h4-10,19H,11-15H2,1-3H3/t19-/m1/s1. The SMILES string of the molecule is CC(C)(C)CC(=O)N(Cc1cccc(F)c1)C[C@H]1CC(c2ccc3c(c2)OCO3)=NO1. The van der Waals surface area contributed by atoms with Crippen molar-refractivity contribution >= 4 is 11.6 Å². The highest BCUT2D eigenvalue weighted by Gasteiger charge is 2.29. The normalized spacial score (nSPS) is 17.3. The van der Waals surface area contributed by atoms with Crippen molar-refractivity contribution in [3.05, 3.63) is 59.4 Å². The Balaban J connectivity index is 1.45.